The summed E-state index contributed by atoms with van der Waals surface area (Å²) in [5.74, 6) is 0. The summed E-state index contributed by atoms with van der Waals surface area (Å²) in [6.45, 7) is 4.06. The van der Waals surface area contributed by atoms with Crippen LogP contribution < -0.4 is 5.32 Å². The number of hydrogen-bond acceptors (Lipinski definition) is 3. The third kappa shape index (κ3) is 5.30. The maximum Gasteiger partial charge on any atom is 0.322 e. The van der Waals surface area contributed by atoms with Crippen LogP contribution >= 0.6 is 11.8 Å². The summed E-state index contributed by atoms with van der Waals surface area (Å²) in [6, 6.07) is -0.169. The summed E-state index contributed by atoms with van der Waals surface area (Å²) in [6.07, 6.45) is 3.54. The Morgan fingerprint density at radius 2 is 2.31 bits per heavy atom. The largest absolute Gasteiger partial charge is 0.331 e. The van der Waals surface area contributed by atoms with Crippen LogP contribution in [-0.4, -0.2) is 43.0 Å². The number of amides is 2. The van der Waals surface area contributed by atoms with Gasteiger partial charge < -0.3 is 4.90 Å². The highest BCUT2D eigenvalue weighted by Crippen LogP contribution is 1.95. The van der Waals surface area contributed by atoms with Gasteiger partial charge in [-0.1, -0.05) is 17.8 Å². The summed E-state index contributed by atoms with van der Waals surface area (Å²) < 4.78 is 0. The van der Waals surface area contributed by atoms with Crippen molar-refractivity contribution in [1.29, 1.82) is 0 Å². The Hall–Kier alpha value is -0.970. The van der Waals surface area contributed by atoms with Gasteiger partial charge in [-0.25, -0.2) is 4.79 Å². The zero-order chi connectivity index (χ0) is 10.3. The number of urea groups is 1. The fourth-order valence-electron chi connectivity index (χ4n) is 0.506. The van der Waals surface area contributed by atoms with Gasteiger partial charge in [0.25, 0.3) is 0 Å². The van der Waals surface area contributed by atoms with Gasteiger partial charge in [0.15, 0.2) is 5.17 Å². The summed E-state index contributed by atoms with van der Waals surface area (Å²) in [4.78, 5) is 16.7. The molecule has 5 heteroatoms. The molecule has 0 rings (SSSR count). The molecule has 0 aliphatic rings. The van der Waals surface area contributed by atoms with Crippen molar-refractivity contribution in [3.05, 3.63) is 12.7 Å². The molecule has 0 bridgehead atoms. The number of carbonyl (C=O) groups is 1. The lowest BCUT2D eigenvalue weighted by Gasteiger charge is -2.11. The Kier molecular flexibility index (Phi) is 6.05. The highest BCUT2D eigenvalue weighted by atomic mass is 32.2. The number of carbonyl (C=O) groups excluding carboxylic acids is 1. The van der Waals surface area contributed by atoms with Crippen molar-refractivity contribution in [3.63, 3.8) is 0 Å². The lowest BCUT2D eigenvalue weighted by molar-refractivity contribution is 0.222. The van der Waals surface area contributed by atoms with Crippen molar-refractivity contribution < 1.29 is 4.79 Å². The zero-order valence-corrected chi connectivity index (χ0v) is 9.02. The third-order valence-electron chi connectivity index (χ3n) is 1.18. The number of thioether (sulfide) groups is 1. The van der Waals surface area contributed by atoms with E-state index in [1.165, 1.54) is 16.7 Å². The van der Waals surface area contributed by atoms with Gasteiger partial charge in [0.2, 0.25) is 0 Å². The SMILES string of the molecule is C=CCN=C(NC(=O)N(C)C)SC. The van der Waals surface area contributed by atoms with Gasteiger partial charge in [-0.3, -0.25) is 10.3 Å². The molecule has 0 spiro atoms. The lowest BCUT2D eigenvalue weighted by Crippen LogP contribution is -2.37. The second kappa shape index (κ2) is 6.54. The Morgan fingerprint density at radius 3 is 2.69 bits per heavy atom. The number of nitrogens with one attached hydrogen (secondary N) is 1. The average molecular weight is 201 g/mol. The standard InChI is InChI=1S/C8H15N3OS/c1-5-6-9-7(13-4)10-8(12)11(2)3/h5H,1,6H2,2-4H3,(H,9,10,12). The topological polar surface area (TPSA) is 44.7 Å². The van der Waals surface area contributed by atoms with Gasteiger partial charge in [0.05, 0.1) is 6.54 Å². The predicted octanol–water partition coefficient (Wildman–Crippen LogP) is 1.16. The van der Waals surface area contributed by atoms with Crippen molar-refractivity contribution in [1.82, 2.24) is 10.2 Å². The van der Waals surface area contributed by atoms with Gasteiger partial charge in [-0.2, -0.15) is 0 Å². The summed E-state index contributed by atoms with van der Waals surface area (Å²) in [7, 11) is 3.36. The Labute approximate surface area is 83.1 Å². The van der Waals surface area contributed by atoms with E-state index in [9.17, 15) is 4.79 Å². The monoisotopic (exact) mass is 201 g/mol. The molecule has 0 saturated heterocycles. The molecule has 2 amide bonds. The fourth-order valence-corrected chi connectivity index (χ4v) is 0.899. The first-order chi connectivity index (χ1) is 6.11. The molecule has 13 heavy (non-hydrogen) atoms. The highest BCUT2D eigenvalue weighted by Gasteiger charge is 2.05. The molecular formula is C8H15N3OS. The molecule has 0 atom stereocenters. The zero-order valence-electron chi connectivity index (χ0n) is 8.20. The van der Waals surface area contributed by atoms with Gasteiger partial charge in [0, 0.05) is 14.1 Å². The summed E-state index contributed by atoms with van der Waals surface area (Å²) >= 11 is 1.40. The second-order valence-electron chi connectivity index (χ2n) is 2.46. The van der Waals surface area contributed by atoms with Crippen molar-refractivity contribution in [2.75, 3.05) is 26.9 Å². The number of amidine groups is 1. The van der Waals surface area contributed by atoms with Crippen LogP contribution in [-0.2, 0) is 0 Å². The van der Waals surface area contributed by atoms with Gasteiger partial charge in [-0.05, 0) is 6.26 Å². The minimum absolute atomic E-state index is 0.169. The molecule has 4 nitrogen and oxygen atoms in total. The maximum absolute atomic E-state index is 11.2. The van der Waals surface area contributed by atoms with Crippen molar-refractivity contribution in [3.8, 4) is 0 Å². The van der Waals surface area contributed by atoms with E-state index in [2.05, 4.69) is 16.9 Å². The van der Waals surface area contributed by atoms with E-state index in [0.29, 0.717) is 11.7 Å². The quantitative estimate of drug-likeness (QED) is 0.414. The van der Waals surface area contributed by atoms with E-state index >= 15 is 0 Å². The van der Waals surface area contributed by atoms with Gasteiger partial charge >= 0.3 is 6.03 Å². The van der Waals surface area contributed by atoms with Crippen LogP contribution in [0.25, 0.3) is 0 Å². The van der Waals surface area contributed by atoms with Gasteiger partial charge in [-0.15, -0.1) is 6.58 Å². The molecule has 74 valence electrons. The maximum atomic E-state index is 11.2. The molecule has 0 radical (unpaired) electrons. The number of rotatable bonds is 2. The van der Waals surface area contributed by atoms with Crippen LogP contribution in [0, 0.1) is 0 Å². The molecule has 0 aliphatic carbocycles. The van der Waals surface area contributed by atoms with Gasteiger partial charge in [0.1, 0.15) is 0 Å². The Morgan fingerprint density at radius 1 is 1.69 bits per heavy atom. The number of hydrogen-bond donors (Lipinski definition) is 1. The van der Waals surface area contributed by atoms with Crippen LogP contribution in [0.15, 0.2) is 17.6 Å². The van der Waals surface area contributed by atoms with Crippen molar-refractivity contribution in [2.24, 2.45) is 4.99 Å². The molecule has 0 aromatic rings. The molecule has 0 heterocycles. The first kappa shape index (κ1) is 12.0. The summed E-state index contributed by atoms with van der Waals surface area (Å²) in [5, 5.41) is 3.26. The van der Waals surface area contributed by atoms with Crippen molar-refractivity contribution in [2.45, 2.75) is 0 Å². The molecule has 0 saturated carbocycles. The minimum atomic E-state index is -0.169. The van der Waals surface area contributed by atoms with Crippen LogP contribution in [0.3, 0.4) is 0 Å². The summed E-state index contributed by atoms with van der Waals surface area (Å²) in [5.41, 5.74) is 0. The van der Waals surface area contributed by atoms with E-state index in [1.807, 2.05) is 6.26 Å². The van der Waals surface area contributed by atoms with Crippen LogP contribution in [0.1, 0.15) is 0 Å². The molecule has 0 aliphatic heterocycles. The average Bonchev–Trinajstić information content (AvgIpc) is 2.11. The van der Waals surface area contributed by atoms with E-state index < -0.39 is 0 Å². The number of nitrogens with zero attached hydrogens (tertiary/aromatic N) is 2. The van der Waals surface area contributed by atoms with Crippen LogP contribution in [0.5, 0.6) is 0 Å². The molecular weight excluding hydrogens is 186 g/mol. The fraction of sp³-hybridized carbons (Fsp3) is 0.500. The molecule has 1 N–H and O–H groups in total. The molecule has 0 unspecified atom stereocenters. The third-order valence-corrected chi connectivity index (χ3v) is 1.80. The molecule has 0 fully saturated rings. The lowest BCUT2D eigenvalue weighted by atomic mass is 10.6. The van der Waals surface area contributed by atoms with E-state index in [1.54, 1.807) is 20.2 Å². The smallest absolute Gasteiger partial charge is 0.322 e. The highest BCUT2D eigenvalue weighted by molar-refractivity contribution is 8.13. The first-order valence-electron chi connectivity index (χ1n) is 3.79. The second-order valence-corrected chi connectivity index (χ2v) is 3.26. The normalized spacial score (nSPS) is 10.8. The minimum Gasteiger partial charge on any atom is -0.331 e. The predicted molar refractivity (Wildman–Crippen MR) is 58.2 cm³/mol. The molecule has 0 aromatic carbocycles. The van der Waals surface area contributed by atoms with Crippen LogP contribution in [0.4, 0.5) is 4.79 Å². The van der Waals surface area contributed by atoms with E-state index in [-0.39, 0.29) is 6.03 Å². The van der Waals surface area contributed by atoms with E-state index in [0.717, 1.165) is 0 Å². The Bertz CT molecular complexity index is 213. The molecule has 0 aromatic heterocycles. The number of aliphatic imine (C=N–C) groups is 1. The van der Waals surface area contributed by atoms with Crippen molar-refractivity contribution >= 4 is 23.0 Å². The first-order valence-corrected chi connectivity index (χ1v) is 5.02. The van der Waals surface area contributed by atoms with E-state index in [4.69, 9.17) is 0 Å². The van der Waals surface area contributed by atoms with Crippen LogP contribution in [0.2, 0.25) is 0 Å². The Balaban J connectivity index is 4.12.